The van der Waals surface area contributed by atoms with Gasteiger partial charge in [0.05, 0.1) is 0 Å². The highest BCUT2D eigenvalue weighted by Gasteiger charge is 2.32. The standard InChI is InChI=1S/C8H22O4S4Si2/c1-9-7(10-2,17-5)13-15-16-14-8(11-3,12-4)18-6/h17-18H2,1-6H3. The molecule has 0 atom stereocenters. The summed E-state index contributed by atoms with van der Waals surface area (Å²) in [7, 11) is 12.4. The van der Waals surface area contributed by atoms with Crippen LogP contribution in [0.3, 0.4) is 0 Å². The van der Waals surface area contributed by atoms with Gasteiger partial charge in [-0.1, -0.05) is 13.1 Å². The van der Waals surface area contributed by atoms with Crippen LogP contribution in [0.5, 0.6) is 0 Å². The van der Waals surface area contributed by atoms with Crippen molar-refractivity contribution in [1.29, 1.82) is 0 Å². The van der Waals surface area contributed by atoms with Crippen molar-refractivity contribution in [3.8, 4) is 0 Å². The normalized spacial score (nSPS) is 14.3. The van der Waals surface area contributed by atoms with Gasteiger partial charge in [0, 0.05) is 28.4 Å². The molecule has 0 aromatic heterocycles. The predicted octanol–water partition coefficient (Wildman–Crippen LogP) is 1.91. The molecule has 0 N–H and O–H groups in total. The maximum absolute atomic E-state index is 5.45. The Morgan fingerprint density at radius 3 is 1.11 bits per heavy atom. The molecule has 0 rings (SSSR count). The Morgan fingerprint density at radius 1 is 0.667 bits per heavy atom. The average Bonchev–Trinajstić information content (AvgIpc) is 2.45. The molecule has 0 radical (unpaired) electrons. The van der Waals surface area contributed by atoms with Gasteiger partial charge in [0.15, 0.2) is 9.48 Å². The summed E-state index contributed by atoms with van der Waals surface area (Å²) in [5, 5.41) is 0. The van der Waals surface area contributed by atoms with Crippen LogP contribution in [0.4, 0.5) is 0 Å². The van der Waals surface area contributed by atoms with Crippen LogP contribution in [-0.4, -0.2) is 57.0 Å². The van der Waals surface area contributed by atoms with Crippen molar-refractivity contribution in [1.82, 2.24) is 0 Å². The molecule has 0 aliphatic rings. The number of rotatable bonds is 11. The molecule has 0 amide bonds. The minimum atomic E-state index is -0.440. The van der Waals surface area contributed by atoms with Gasteiger partial charge in [-0.15, -0.1) is 0 Å². The van der Waals surface area contributed by atoms with E-state index >= 15 is 0 Å². The van der Waals surface area contributed by atoms with Crippen LogP contribution >= 0.6 is 41.2 Å². The fraction of sp³-hybridized carbons (Fsp3) is 1.00. The Bertz CT molecular complexity index is 179. The van der Waals surface area contributed by atoms with Gasteiger partial charge in [-0.25, -0.2) is 0 Å². The number of methoxy groups -OCH3 is 4. The third-order valence-electron chi connectivity index (χ3n) is 2.46. The number of hydrogen-bond donors (Lipinski definition) is 0. The first-order valence-corrected chi connectivity index (χ1v) is 14.5. The molecule has 0 aromatic rings. The second kappa shape index (κ2) is 10.4. The van der Waals surface area contributed by atoms with E-state index in [0.717, 1.165) is 0 Å². The maximum atomic E-state index is 5.45. The second-order valence-corrected chi connectivity index (χ2v) is 13.6. The van der Waals surface area contributed by atoms with Gasteiger partial charge in [-0.3, -0.25) is 0 Å². The molecule has 0 unspecified atom stereocenters. The lowest BCUT2D eigenvalue weighted by Crippen LogP contribution is -2.34. The van der Waals surface area contributed by atoms with E-state index in [1.54, 1.807) is 69.7 Å². The van der Waals surface area contributed by atoms with Crippen molar-refractivity contribution >= 4 is 60.3 Å². The van der Waals surface area contributed by atoms with E-state index in [1.165, 1.54) is 0 Å². The summed E-state index contributed by atoms with van der Waals surface area (Å²) in [6, 6.07) is 0. The summed E-state index contributed by atoms with van der Waals surface area (Å²) in [5.41, 5.74) is 0. The number of ether oxygens (including phenoxy) is 4. The summed E-state index contributed by atoms with van der Waals surface area (Å²) in [5.74, 6) is 0. The van der Waals surface area contributed by atoms with Crippen molar-refractivity contribution in [2.24, 2.45) is 0 Å². The minimum Gasteiger partial charge on any atom is -0.348 e. The van der Waals surface area contributed by atoms with E-state index < -0.39 is 28.5 Å². The fourth-order valence-electron chi connectivity index (χ4n) is 1.13. The van der Waals surface area contributed by atoms with Gasteiger partial charge in [0.1, 0.15) is 19.0 Å². The monoisotopic (exact) mass is 366 g/mol. The Morgan fingerprint density at radius 2 is 0.944 bits per heavy atom. The van der Waals surface area contributed by atoms with E-state index in [4.69, 9.17) is 18.9 Å². The van der Waals surface area contributed by atoms with Crippen LogP contribution < -0.4 is 0 Å². The summed E-state index contributed by atoms with van der Waals surface area (Å²) in [6.07, 6.45) is 0. The molecular formula is C8H22O4S4Si2. The van der Waals surface area contributed by atoms with Gasteiger partial charge in [-0.05, 0) is 41.2 Å². The molecule has 0 heterocycles. The highest BCUT2D eigenvalue weighted by Crippen LogP contribution is 2.52. The fourth-order valence-corrected chi connectivity index (χ4v) is 14.0. The lowest BCUT2D eigenvalue weighted by atomic mass is 11.3. The zero-order valence-corrected chi connectivity index (χ0v) is 17.8. The third kappa shape index (κ3) is 5.98. The smallest absolute Gasteiger partial charge is 0.200 e. The summed E-state index contributed by atoms with van der Waals surface area (Å²) in [6.45, 7) is 4.35. The maximum Gasteiger partial charge on any atom is 0.200 e. The Labute approximate surface area is 130 Å². The Balaban J connectivity index is 4.11. The second-order valence-electron chi connectivity index (χ2n) is 3.19. The average molecular weight is 367 g/mol. The van der Waals surface area contributed by atoms with Crippen LogP contribution in [0.25, 0.3) is 0 Å². The summed E-state index contributed by atoms with van der Waals surface area (Å²) >= 11 is 0. The molecule has 0 aliphatic carbocycles. The third-order valence-corrected chi connectivity index (χ3v) is 15.9. The zero-order chi connectivity index (χ0) is 14.1. The predicted molar refractivity (Wildman–Crippen MR) is 92.7 cm³/mol. The first kappa shape index (κ1) is 19.7. The van der Waals surface area contributed by atoms with E-state index in [9.17, 15) is 0 Å². The molecule has 0 spiro atoms. The molecular weight excluding hydrogens is 345 g/mol. The molecule has 0 bridgehead atoms. The van der Waals surface area contributed by atoms with Gasteiger partial charge >= 0.3 is 0 Å². The molecule has 0 fully saturated rings. The van der Waals surface area contributed by atoms with Crippen molar-refractivity contribution < 1.29 is 18.9 Å². The first-order valence-electron chi connectivity index (χ1n) is 5.48. The molecule has 110 valence electrons. The van der Waals surface area contributed by atoms with Gasteiger partial charge < -0.3 is 18.9 Å². The van der Waals surface area contributed by atoms with Gasteiger partial charge in [0.25, 0.3) is 0 Å². The summed E-state index contributed by atoms with van der Waals surface area (Å²) < 4.78 is 20.9. The highest BCUT2D eigenvalue weighted by atomic mass is 33.7. The summed E-state index contributed by atoms with van der Waals surface area (Å²) in [4.78, 5) is 0. The molecule has 0 saturated heterocycles. The molecule has 0 aliphatic heterocycles. The van der Waals surface area contributed by atoms with E-state index in [2.05, 4.69) is 13.1 Å². The highest BCUT2D eigenvalue weighted by molar-refractivity contribution is 9.26. The van der Waals surface area contributed by atoms with Crippen LogP contribution in [0.2, 0.25) is 13.1 Å². The SMILES string of the molecule is COC(OC)([SiH2]C)SSSSC(OC)(OC)[SiH2]C. The van der Waals surface area contributed by atoms with Gasteiger partial charge in [-0.2, -0.15) is 0 Å². The molecule has 10 heteroatoms. The Hall–Kier alpha value is 1.67. The molecule has 0 aromatic carbocycles. The minimum absolute atomic E-state index is 0.435. The number of hydrogen-bond acceptors (Lipinski definition) is 8. The van der Waals surface area contributed by atoms with Crippen molar-refractivity contribution in [2.45, 2.75) is 22.6 Å². The zero-order valence-electron chi connectivity index (χ0n) is 11.7. The van der Waals surface area contributed by atoms with Crippen molar-refractivity contribution in [3.63, 3.8) is 0 Å². The van der Waals surface area contributed by atoms with Crippen LogP contribution in [-0.2, 0) is 18.9 Å². The molecule has 0 saturated carbocycles. The largest absolute Gasteiger partial charge is 0.348 e. The van der Waals surface area contributed by atoms with Crippen molar-refractivity contribution in [3.05, 3.63) is 0 Å². The molecule has 18 heavy (non-hydrogen) atoms. The van der Waals surface area contributed by atoms with Crippen LogP contribution in [0.1, 0.15) is 0 Å². The van der Waals surface area contributed by atoms with E-state index in [-0.39, 0.29) is 0 Å². The van der Waals surface area contributed by atoms with Crippen LogP contribution in [0.15, 0.2) is 0 Å². The van der Waals surface area contributed by atoms with E-state index in [0.29, 0.717) is 0 Å². The first-order chi connectivity index (χ1) is 8.57. The lowest BCUT2D eigenvalue weighted by molar-refractivity contribution is -0.0721. The van der Waals surface area contributed by atoms with Crippen LogP contribution in [0, 0.1) is 0 Å². The van der Waals surface area contributed by atoms with Gasteiger partial charge in [0.2, 0.25) is 0 Å². The topological polar surface area (TPSA) is 36.9 Å². The Kier molecular flexibility index (Phi) is 11.4. The van der Waals surface area contributed by atoms with Crippen molar-refractivity contribution in [2.75, 3.05) is 28.4 Å². The van der Waals surface area contributed by atoms with E-state index in [1.807, 2.05) is 0 Å². The quantitative estimate of drug-likeness (QED) is 0.238. The lowest BCUT2D eigenvalue weighted by Gasteiger charge is -2.29. The molecule has 4 nitrogen and oxygen atoms in total.